The van der Waals surface area contributed by atoms with Gasteiger partial charge in [0, 0.05) is 5.41 Å². The van der Waals surface area contributed by atoms with E-state index in [1.54, 1.807) is 6.08 Å². The highest BCUT2D eigenvalue weighted by molar-refractivity contribution is 7.94. The molecular formula is C7H11NO3S2. The van der Waals surface area contributed by atoms with Crippen molar-refractivity contribution in [3.05, 3.63) is 11.5 Å². The Kier molecular flexibility index (Phi) is 3.27. The molecule has 0 saturated heterocycles. The largest absolute Gasteiger partial charge is 0.471 e. The van der Waals surface area contributed by atoms with Gasteiger partial charge < -0.3 is 10.1 Å². The zero-order valence-electron chi connectivity index (χ0n) is 7.19. The van der Waals surface area contributed by atoms with Crippen molar-refractivity contribution >= 4 is 27.2 Å². The van der Waals surface area contributed by atoms with Crippen LogP contribution in [0.5, 0.6) is 0 Å². The van der Waals surface area contributed by atoms with Gasteiger partial charge in [-0.1, -0.05) is 0 Å². The third kappa shape index (κ3) is 3.31. The lowest BCUT2D eigenvalue weighted by atomic mass is 10.3. The number of sulfone groups is 1. The summed E-state index contributed by atoms with van der Waals surface area (Å²) in [5, 5.41) is 4.22. The minimum Gasteiger partial charge on any atom is -0.471 e. The van der Waals surface area contributed by atoms with Crippen LogP contribution in [0, 0.1) is 0 Å². The Bertz CT molecular complexity index is 321. The van der Waals surface area contributed by atoms with Gasteiger partial charge in [0.1, 0.15) is 0 Å². The highest BCUT2D eigenvalue weighted by atomic mass is 32.2. The van der Waals surface area contributed by atoms with E-state index >= 15 is 0 Å². The van der Waals surface area contributed by atoms with Crippen LogP contribution in [0.4, 0.5) is 0 Å². The fourth-order valence-corrected chi connectivity index (χ4v) is 2.49. The number of hydrogen-bond acceptors (Lipinski definition) is 4. The molecule has 13 heavy (non-hydrogen) atoms. The molecule has 0 spiro atoms. The van der Waals surface area contributed by atoms with Crippen LogP contribution < -0.4 is 5.32 Å². The summed E-state index contributed by atoms with van der Waals surface area (Å²) in [5.74, 6) is 0.0558. The van der Waals surface area contributed by atoms with E-state index in [9.17, 15) is 8.42 Å². The van der Waals surface area contributed by atoms with Gasteiger partial charge in [0.2, 0.25) is 0 Å². The van der Waals surface area contributed by atoms with Crippen LogP contribution in [0.25, 0.3) is 0 Å². The van der Waals surface area contributed by atoms with E-state index in [-0.39, 0.29) is 17.0 Å². The zero-order valence-corrected chi connectivity index (χ0v) is 8.82. The number of hydrogen-bond donors (Lipinski definition) is 1. The van der Waals surface area contributed by atoms with Crippen molar-refractivity contribution in [1.82, 2.24) is 5.32 Å². The predicted octanol–water partition coefficient (Wildman–Crippen LogP) is 0.208. The lowest BCUT2D eigenvalue weighted by Crippen LogP contribution is -2.35. The highest BCUT2D eigenvalue weighted by Crippen LogP contribution is 2.07. The molecule has 0 aromatic carbocycles. The smallest absolute Gasteiger partial charge is 0.257 e. The van der Waals surface area contributed by atoms with Gasteiger partial charge in [-0.2, -0.15) is 0 Å². The van der Waals surface area contributed by atoms with Gasteiger partial charge >= 0.3 is 0 Å². The van der Waals surface area contributed by atoms with Crippen molar-refractivity contribution < 1.29 is 13.2 Å². The minimum atomic E-state index is -3.01. The van der Waals surface area contributed by atoms with E-state index < -0.39 is 9.84 Å². The molecule has 0 bridgehead atoms. The van der Waals surface area contributed by atoms with Crippen molar-refractivity contribution in [3.63, 3.8) is 0 Å². The van der Waals surface area contributed by atoms with E-state index in [2.05, 4.69) is 5.32 Å². The monoisotopic (exact) mass is 221 g/mol. The molecule has 0 radical (unpaired) electrons. The first kappa shape index (κ1) is 10.5. The molecule has 1 aliphatic heterocycles. The molecule has 1 N–H and O–H groups in total. The molecule has 0 saturated carbocycles. The summed E-state index contributed by atoms with van der Waals surface area (Å²) < 4.78 is 26.9. The maximum atomic E-state index is 11.0. The number of thiocarbonyl (C=S) groups is 1. The minimum absolute atomic E-state index is 0.0558. The second-order valence-corrected chi connectivity index (χ2v) is 4.93. The summed E-state index contributed by atoms with van der Waals surface area (Å²) in [4.78, 5) is 0. The highest BCUT2D eigenvalue weighted by Gasteiger charge is 2.22. The van der Waals surface area contributed by atoms with Crippen LogP contribution >= 0.6 is 12.2 Å². The number of ether oxygens (including phenoxy) is 1. The molecule has 0 fully saturated rings. The molecule has 0 amide bonds. The zero-order chi connectivity index (χ0) is 9.90. The molecule has 74 valence electrons. The molecule has 1 heterocycles. The van der Waals surface area contributed by atoms with Crippen molar-refractivity contribution in [1.29, 1.82) is 0 Å². The van der Waals surface area contributed by atoms with Crippen LogP contribution in [0.15, 0.2) is 11.5 Å². The molecule has 6 heteroatoms. The van der Waals surface area contributed by atoms with Gasteiger partial charge in [0.25, 0.3) is 5.17 Å². The van der Waals surface area contributed by atoms with E-state index in [0.717, 1.165) is 0 Å². The van der Waals surface area contributed by atoms with Crippen LogP contribution in [0.2, 0.25) is 0 Å². The van der Waals surface area contributed by atoms with Gasteiger partial charge in [-0.05, 0) is 25.2 Å². The van der Waals surface area contributed by atoms with Crippen molar-refractivity contribution in [2.24, 2.45) is 0 Å². The summed E-state index contributed by atoms with van der Waals surface area (Å²) in [6, 6.07) is -0.246. The first-order chi connectivity index (χ1) is 6.03. The molecule has 0 unspecified atom stereocenters. The number of rotatable bonds is 2. The summed E-state index contributed by atoms with van der Waals surface area (Å²) in [6.07, 6.45) is 1.57. The fourth-order valence-electron chi connectivity index (χ4n) is 0.990. The Hall–Kier alpha value is -0.620. The third-order valence-corrected chi connectivity index (χ3v) is 3.14. The molecule has 1 aliphatic rings. The second kappa shape index (κ2) is 4.06. The van der Waals surface area contributed by atoms with E-state index in [1.807, 2.05) is 6.92 Å². The molecule has 0 aliphatic carbocycles. The van der Waals surface area contributed by atoms with Crippen molar-refractivity contribution in [2.45, 2.75) is 13.0 Å². The quantitative estimate of drug-likeness (QED) is 0.675. The normalized spacial score (nSPS) is 24.2. The van der Waals surface area contributed by atoms with Crippen LogP contribution in [0.3, 0.4) is 0 Å². The third-order valence-electron chi connectivity index (χ3n) is 1.51. The first-order valence-corrected chi connectivity index (χ1v) is 6.00. The van der Waals surface area contributed by atoms with Gasteiger partial charge in [-0.25, -0.2) is 8.42 Å². The Morgan fingerprint density at radius 2 is 2.46 bits per heavy atom. The molecule has 1 rings (SSSR count). The summed E-state index contributed by atoms with van der Waals surface area (Å²) in [5.41, 5.74) is 0. The summed E-state index contributed by atoms with van der Waals surface area (Å²) >= 11 is 4.80. The molecular weight excluding hydrogens is 210 g/mol. The Morgan fingerprint density at radius 3 is 2.92 bits per heavy atom. The molecule has 0 aromatic heterocycles. The van der Waals surface area contributed by atoms with Crippen molar-refractivity contribution in [3.8, 4) is 0 Å². The van der Waals surface area contributed by atoms with Gasteiger partial charge in [0.05, 0.1) is 18.4 Å². The summed E-state index contributed by atoms with van der Waals surface area (Å²) in [7, 11) is -3.01. The Balaban J connectivity index is 2.42. The average Bonchev–Trinajstić information content (AvgIpc) is 2.30. The lowest BCUT2D eigenvalue weighted by Gasteiger charge is -2.11. The SMILES string of the molecule is CCOC(=S)N[C@@H]1C=CS(=O)(=O)C1. The maximum absolute atomic E-state index is 11.0. The Morgan fingerprint density at radius 1 is 1.77 bits per heavy atom. The molecule has 4 nitrogen and oxygen atoms in total. The fraction of sp³-hybridized carbons (Fsp3) is 0.571. The summed E-state index contributed by atoms with van der Waals surface area (Å²) in [6.45, 7) is 2.30. The van der Waals surface area contributed by atoms with E-state index in [4.69, 9.17) is 17.0 Å². The van der Waals surface area contributed by atoms with E-state index in [1.165, 1.54) is 5.41 Å². The topological polar surface area (TPSA) is 55.4 Å². The van der Waals surface area contributed by atoms with E-state index in [0.29, 0.717) is 6.61 Å². The van der Waals surface area contributed by atoms with Gasteiger partial charge in [-0.3, -0.25) is 0 Å². The predicted molar refractivity (Wildman–Crippen MR) is 54.1 cm³/mol. The first-order valence-electron chi connectivity index (χ1n) is 3.88. The molecule has 1 atom stereocenters. The van der Waals surface area contributed by atoms with Gasteiger partial charge in [-0.15, -0.1) is 0 Å². The lowest BCUT2D eigenvalue weighted by molar-refractivity contribution is 0.318. The maximum Gasteiger partial charge on any atom is 0.257 e. The number of nitrogens with one attached hydrogen (secondary N) is 1. The molecule has 0 aromatic rings. The Labute approximate surface area is 82.9 Å². The van der Waals surface area contributed by atoms with Crippen molar-refractivity contribution in [2.75, 3.05) is 12.4 Å². The standard InChI is InChI=1S/C7H11NO3S2/c1-2-11-7(12)8-6-3-4-13(9,10)5-6/h3-4,6H,2,5H2,1H3,(H,8,12)/t6-/m1/s1. The van der Waals surface area contributed by atoms with Crippen LogP contribution in [0.1, 0.15) is 6.92 Å². The van der Waals surface area contributed by atoms with Crippen LogP contribution in [-0.2, 0) is 14.6 Å². The average molecular weight is 221 g/mol. The van der Waals surface area contributed by atoms with Gasteiger partial charge in [0.15, 0.2) is 9.84 Å². The van der Waals surface area contributed by atoms with Crippen LogP contribution in [-0.4, -0.2) is 32.0 Å². The second-order valence-electron chi connectivity index (χ2n) is 2.63.